The summed E-state index contributed by atoms with van der Waals surface area (Å²) in [6.45, 7) is -0.508. The summed E-state index contributed by atoms with van der Waals surface area (Å²) in [6.07, 6.45) is -0.570. The van der Waals surface area contributed by atoms with E-state index in [-0.39, 0.29) is 6.42 Å². The first-order valence-corrected chi connectivity index (χ1v) is 4.86. The van der Waals surface area contributed by atoms with Crippen molar-refractivity contribution in [1.82, 2.24) is 0 Å². The molecule has 0 bridgehead atoms. The molecule has 0 aromatic heterocycles. The monoisotopic (exact) mass is 232 g/mol. The molecule has 0 spiro atoms. The average Bonchev–Trinajstić information content (AvgIpc) is 2.35. The highest BCUT2D eigenvalue weighted by Gasteiger charge is 2.05. The molecule has 0 saturated carbocycles. The molecular weight excluding hydrogens is 211 g/mol. The topological polar surface area (TPSA) is 92.5 Å². The highest BCUT2D eigenvalue weighted by molar-refractivity contribution is 5.39. The van der Waals surface area contributed by atoms with Crippen LogP contribution in [0.3, 0.4) is 0 Å². The minimum absolute atomic E-state index is 0.143. The van der Waals surface area contributed by atoms with Gasteiger partial charge in [-0.05, 0) is 24.7 Å². The van der Waals surface area contributed by atoms with Crippen molar-refractivity contribution in [1.29, 1.82) is 0 Å². The Morgan fingerprint density at radius 2 is 1.62 bits per heavy atom. The lowest BCUT2D eigenvalue weighted by molar-refractivity contribution is 0.156. The van der Waals surface area contributed by atoms with Crippen LogP contribution in [0.1, 0.15) is 18.1 Å². The Morgan fingerprint density at radius 3 is 2.00 bits per heavy atom. The van der Waals surface area contributed by atoms with Crippen molar-refractivity contribution < 1.29 is 14.6 Å². The zero-order valence-electron chi connectivity index (χ0n) is 9.73. The smallest absolute Gasteiger partial charge is 0.0922 e. The number of aliphatic hydroxyl groups excluding tert-OH is 2. The zero-order valence-corrected chi connectivity index (χ0v) is 9.73. The van der Waals surface area contributed by atoms with Gasteiger partial charge in [0.05, 0.1) is 12.8 Å². The molecule has 1 atom stereocenters. The number of rotatable bonds is 3. The van der Waals surface area contributed by atoms with E-state index < -0.39 is 12.8 Å². The maximum absolute atomic E-state index is 11.8. The molecule has 1 aromatic rings. The maximum Gasteiger partial charge on any atom is 0.0922 e. The average molecular weight is 232 g/mol. The molecule has 0 aliphatic heterocycles. The SMILES string of the molecule is CN.CO.Nc1ccc(C(O)CCF)cc1. The summed E-state index contributed by atoms with van der Waals surface area (Å²) in [5.41, 5.74) is 11.3. The third-order valence-corrected chi connectivity index (χ3v) is 1.70. The van der Waals surface area contributed by atoms with Crippen LogP contribution in [0.25, 0.3) is 0 Å². The van der Waals surface area contributed by atoms with Crippen LogP contribution in [-0.2, 0) is 0 Å². The van der Waals surface area contributed by atoms with E-state index in [1.54, 1.807) is 24.3 Å². The number of halogens is 1. The van der Waals surface area contributed by atoms with E-state index in [2.05, 4.69) is 5.73 Å². The van der Waals surface area contributed by atoms with Crippen LogP contribution in [0, 0.1) is 0 Å². The number of anilines is 1. The van der Waals surface area contributed by atoms with E-state index in [9.17, 15) is 9.50 Å². The molecular formula is C11H21FN2O2. The lowest BCUT2D eigenvalue weighted by Gasteiger charge is -2.07. The molecule has 0 heterocycles. The second-order valence-corrected chi connectivity index (χ2v) is 2.66. The third-order valence-electron chi connectivity index (χ3n) is 1.70. The van der Waals surface area contributed by atoms with E-state index >= 15 is 0 Å². The molecule has 94 valence electrons. The van der Waals surface area contributed by atoms with E-state index in [1.807, 2.05) is 0 Å². The van der Waals surface area contributed by atoms with Gasteiger partial charge in [-0.15, -0.1) is 0 Å². The number of nitrogens with two attached hydrogens (primary N) is 2. The van der Waals surface area contributed by atoms with Gasteiger partial charge < -0.3 is 21.7 Å². The van der Waals surface area contributed by atoms with Gasteiger partial charge in [-0.2, -0.15) is 0 Å². The van der Waals surface area contributed by atoms with Crippen LogP contribution in [0.2, 0.25) is 0 Å². The Labute approximate surface area is 95.7 Å². The number of nitrogen functional groups attached to an aromatic ring is 1. The highest BCUT2D eigenvalue weighted by atomic mass is 19.1. The molecule has 1 aromatic carbocycles. The van der Waals surface area contributed by atoms with Gasteiger partial charge in [-0.25, -0.2) is 0 Å². The second-order valence-electron chi connectivity index (χ2n) is 2.66. The lowest BCUT2D eigenvalue weighted by Crippen LogP contribution is -1.98. The number of aliphatic hydroxyl groups is 2. The van der Waals surface area contributed by atoms with Crippen LogP contribution in [0.5, 0.6) is 0 Å². The molecule has 5 heteroatoms. The molecule has 0 radical (unpaired) electrons. The number of alkyl halides is 1. The van der Waals surface area contributed by atoms with Crippen LogP contribution >= 0.6 is 0 Å². The van der Waals surface area contributed by atoms with Gasteiger partial charge in [0.15, 0.2) is 0 Å². The van der Waals surface area contributed by atoms with E-state index in [0.717, 1.165) is 7.11 Å². The fourth-order valence-electron chi connectivity index (χ4n) is 0.988. The molecule has 6 N–H and O–H groups in total. The third kappa shape index (κ3) is 7.17. The molecule has 16 heavy (non-hydrogen) atoms. The predicted octanol–water partition coefficient (Wildman–Crippen LogP) is 0.845. The van der Waals surface area contributed by atoms with E-state index in [4.69, 9.17) is 10.8 Å². The Morgan fingerprint density at radius 1 is 1.19 bits per heavy atom. The minimum atomic E-state index is -0.712. The van der Waals surface area contributed by atoms with Crippen LogP contribution in [0.15, 0.2) is 24.3 Å². The van der Waals surface area contributed by atoms with Gasteiger partial charge >= 0.3 is 0 Å². The van der Waals surface area contributed by atoms with Gasteiger partial charge in [0, 0.05) is 19.2 Å². The van der Waals surface area contributed by atoms with Crippen molar-refractivity contribution in [3.05, 3.63) is 29.8 Å². The molecule has 0 saturated heterocycles. The molecule has 0 amide bonds. The van der Waals surface area contributed by atoms with Crippen molar-refractivity contribution in [2.75, 3.05) is 26.6 Å². The fourth-order valence-corrected chi connectivity index (χ4v) is 0.988. The quantitative estimate of drug-likeness (QED) is 0.581. The second kappa shape index (κ2) is 11.9. The highest BCUT2D eigenvalue weighted by Crippen LogP contribution is 2.17. The number of benzene rings is 1. The van der Waals surface area contributed by atoms with Crippen molar-refractivity contribution in [2.45, 2.75) is 12.5 Å². The molecule has 4 nitrogen and oxygen atoms in total. The zero-order chi connectivity index (χ0) is 13.0. The first kappa shape index (κ1) is 17.2. The van der Waals surface area contributed by atoms with Crippen LogP contribution < -0.4 is 11.5 Å². The molecule has 1 rings (SSSR count). The molecule has 0 aliphatic carbocycles. The summed E-state index contributed by atoms with van der Waals surface area (Å²) in [5, 5.41) is 16.3. The van der Waals surface area contributed by atoms with Gasteiger partial charge in [0.1, 0.15) is 0 Å². The number of hydrogen-bond acceptors (Lipinski definition) is 4. The molecule has 0 aliphatic rings. The van der Waals surface area contributed by atoms with Crippen molar-refractivity contribution in [2.24, 2.45) is 5.73 Å². The van der Waals surface area contributed by atoms with E-state index in [1.165, 1.54) is 7.05 Å². The number of hydrogen-bond donors (Lipinski definition) is 4. The van der Waals surface area contributed by atoms with Crippen molar-refractivity contribution >= 4 is 5.69 Å². The summed E-state index contributed by atoms with van der Waals surface area (Å²) in [4.78, 5) is 0. The largest absolute Gasteiger partial charge is 0.400 e. The molecule has 0 fully saturated rings. The van der Waals surface area contributed by atoms with Crippen LogP contribution in [0.4, 0.5) is 10.1 Å². The van der Waals surface area contributed by atoms with Gasteiger partial charge in [0.25, 0.3) is 0 Å². The predicted molar refractivity (Wildman–Crippen MR) is 64.7 cm³/mol. The summed E-state index contributed by atoms with van der Waals surface area (Å²) >= 11 is 0. The van der Waals surface area contributed by atoms with Gasteiger partial charge in [-0.3, -0.25) is 4.39 Å². The Balaban J connectivity index is 0. The summed E-state index contributed by atoms with van der Waals surface area (Å²) in [6, 6.07) is 6.79. The maximum atomic E-state index is 11.8. The first-order valence-electron chi connectivity index (χ1n) is 4.86. The first-order chi connectivity index (χ1) is 7.74. The van der Waals surface area contributed by atoms with Gasteiger partial charge in [0.2, 0.25) is 0 Å². The summed E-state index contributed by atoms with van der Waals surface area (Å²) in [7, 11) is 2.50. The summed E-state index contributed by atoms with van der Waals surface area (Å²) in [5.74, 6) is 0. The van der Waals surface area contributed by atoms with Crippen LogP contribution in [-0.4, -0.2) is 31.0 Å². The Bertz CT molecular complexity index is 242. The Hall–Kier alpha value is -1.17. The standard InChI is InChI=1S/C9H12FNO.CH5N.CH4O/c10-6-5-9(12)7-1-3-8(11)4-2-7;2*1-2/h1-4,9,12H,5-6,11H2;2H2,1H3;2H,1H3. The van der Waals surface area contributed by atoms with E-state index in [0.29, 0.717) is 11.3 Å². The lowest BCUT2D eigenvalue weighted by atomic mass is 10.1. The van der Waals surface area contributed by atoms with Crippen molar-refractivity contribution in [3.8, 4) is 0 Å². The van der Waals surface area contributed by atoms with Gasteiger partial charge in [-0.1, -0.05) is 12.1 Å². The fraction of sp³-hybridized carbons (Fsp3) is 0.455. The normalized spacial score (nSPS) is 10.4. The van der Waals surface area contributed by atoms with Crippen molar-refractivity contribution in [3.63, 3.8) is 0 Å². The minimum Gasteiger partial charge on any atom is -0.400 e. The Kier molecular flexibility index (Phi) is 12.8. The molecule has 1 unspecified atom stereocenters. The summed E-state index contributed by atoms with van der Waals surface area (Å²) < 4.78 is 11.8.